The average molecular weight is 588 g/mol. The van der Waals surface area contributed by atoms with Gasteiger partial charge in [0.2, 0.25) is 11.8 Å². The minimum atomic E-state index is -1.93. The van der Waals surface area contributed by atoms with E-state index in [1.807, 2.05) is 0 Å². The number of fused-ring (bicyclic) bond motifs is 1. The number of imide groups is 1. The highest BCUT2D eigenvalue weighted by Gasteiger charge is 2.68. The lowest BCUT2D eigenvalue weighted by molar-refractivity contribution is -0.148. The molecule has 2 amide bonds. The van der Waals surface area contributed by atoms with Gasteiger partial charge >= 0.3 is 5.97 Å². The number of Topliss-reactive ketones (excluding diaryl/α,β-unsaturated/α-hetero) is 1. The summed E-state index contributed by atoms with van der Waals surface area (Å²) in [6.45, 7) is 1.40. The van der Waals surface area contributed by atoms with E-state index in [0.717, 1.165) is 4.90 Å². The van der Waals surface area contributed by atoms with Crippen LogP contribution in [0.3, 0.4) is 0 Å². The van der Waals surface area contributed by atoms with Gasteiger partial charge in [0, 0.05) is 23.0 Å². The van der Waals surface area contributed by atoms with Crippen molar-refractivity contribution in [3.63, 3.8) is 0 Å². The van der Waals surface area contributed by atoms with Gasteiger partial charge < -0.3 is 10.2 Å². The maximum absolute atomic E-state index is 14.0. The number of carboxylic acids is 1. The Morgan fingerprint density at radius 1 is 0.974 bits per heavy atom. The van der Waals surface area contributed by atoms with Crippen molar-refractivity contribution in [1.29, 1.82) is 0 Å². The Hall–Kier alpha value is -3.43. The summed E-state index contributed by atoms with van der Waals surface area (Å²) in [6.07, 6.45) is -0.178. The number of aromatic hydroxyl groups is 1. The second-order valence-corrected chi connectivity index (χ2v) is 10.9. The molecule has 200 valence electrons. The molecule has 0 radical (unpaired) electrons. The number of anilines is 1. The second-order valence-electron chi connectivity index (χ2n) is 9.65. The van der Waals surface area contributed by atoms with Crippen molar-refractivity contribution in [1.82, 2.24) is 5.32 Å². The Bertz CT molecular complexity index is 1530. The van der Waals surface area contributed by atoms with Crippen molar-refractivity contribution in [2.24, 2.45) is 11.8 Å². The monoisotopic (exact) mass is 586 g/mol. The minimum absolute atomic E-state index is 0.00841. The van der Waals surface area contributed by atoms with E-state index < -0.39 is 41.2 Å². The zero-order valence-electron chi connectivity index (χ0n) is 20.3. The molecule has 2 saturated heterocycles. The molecule has 8 nitrogen and oxygen atoms in total. The third-order valence-corrected chi connectivity index (χ3v) is 8.38. The van der Waals surface area contributed by atoms with Crippen LogP contribution in [-0.4, -0.2) is 39.3 Å². The largest absolute Gasteiger partial charge is 0.508 e. The lowest BCUT2D eigenvalue weighted by atomic mass is 9.76. The number of halogens is 3. The van der Waals surface area contributed by atoms with Gasteiger partial charge in [-0.15, -0.1) is 0 Å². The van der Waals surface area contributed by atoms with Crippen LogP contribution in [0, 0.1) is 11.8 Å². The van der Waals surface area contributed by atoms with Crippen molar-refractivity contribution in [3.05, 3.63) is 92.4 Å². The molecule has 3 aromatic rings. The normalized spacial score (nSPS) is 24.2. The highest BCUT2D eigenvalue weighted by atomic mass is 35.5. The van der Waals surface area contributed by atoms with Crippen LogP contribution in [0.25, 0.3) is 0 Å². The van der Waals surface area contributed by atoms with E-state index in [-0.39, 0.29) is 44.3 Å². The summed E-state index contributed by atoms with van der Waals surface area (Å²) in [5.74, 6) is -5.36. The first kappa shape index (κ1) is 27.1. The third kappa shape index (κ3) is 4.47. The fourth-order valence-electron chi connectivity index (χ4n) is 5.54. The van der Waals surface area contributed by atoms with E-state index >= 15 is 0 Å². The molecule has 2 fully saturated rings. The van der Waals surface area contributed by atoms with E-state index in [1.54, 1.807) is 12.1 Å². The van der Waals surface area contributed by atoms with Gasteiger partial charge in [0.05, 0.1) is 27.6 Å². The number of ketones is 1. The summed E-state index contributed by atoms with van der Waals surface area (Å²) in [5, 5.41) is 23.8. The van der Waals surface area contributed by atoms with Crippen LogP contribution in [-0.2, 0) is 20.8 Å². The van der Waals surface area contributed by atoms with Crippen molar-refractivity contribution < 1.29 is 29.4 Å². The van der Waals surface area contributed by atoms with Gasteiger partial charge in [-0.3, -0.25) is 24.5 Å². The summed E-state index contributed by atoms with van der Waals surface area (Å²) in [6, 6.07) is 13.7. The van der Waals surface area contributed by atoms with Crippen LogP contribution in [0.2, 0.25) is 15.1 Å². The molecule has 4 unspecified atom stereocenters. The molecule has 2 aliphatic heterocycles. The molecule has 11 heteroatoms. The molecule has 0 aliphatic carbocycles. The van der Waals surface area contributed by atoms with Crippen LogP contribution in [0.5, 0.6) is 5.75 Å². The molecule has 2 aliphatic rings. The van der Waals surface area contributed by atoms with Crippen LogP contribution >= 0.6 is 34.8 Å². The number of carbonyl (C=O) groups is 4. The van der Waals surface area contributed by atoms with Crippen molar-refractivity contribution in [2.45, 2.75) is 24.9 Å². The van der Waals surface area contributed by atoms with Gasteiger partial charge in [-0.2, -0.15) is 0 Å². The zero-order chi connectivity index (χ0) is 28.2. The van der Waals surface area contributed by atoms with E-state index in [4.69, 9.17) is 34.8 Å². The summed E-state index contributed by atoms with van der Waals surface area (Å²) in [5.41, 5.74) is -0.521. The molecular weight excluding hydrogens is 567 g/mol. The standard InChI is InChI=1S/C28H21Cl3N2O6/c1-13(34)15-4-6-17(7-5-15)33-25(36)21-22(26(33)37)28(27(38)39,12-14-2-8-18(35)9-3-14)32-24(21)19-10-16(29)11-20(30)23(19)31/h2-11,21-22,24,32,35H,12H2,1H3,(H,38,39). The molecule has 5 rings (SSSR count). The summed E-state index contributed by atoms with van der Waals surface area (Å²) >= 11 is 19.0. The van der Waals surface area contributed by atoms with E-state index in [0.29, 0.717) is 11.1 Å². The number of hydrogen-bond donors (Lipinski definition) is 3. The molecule has 4 atom stereocenters. The van der Waals surface area contributed by atoms with Gasteiger partial charge in [0.1, 0.15) is 11.3 Å². The van der Waals surface area contributed by atoms with Crippen LogP contribution in [0.1, 0.15) is 34.5 Å². The number of carbonyl (C=O) groups excluding carboxylic acids is 3. The maximum Gasteiger partial charge on any atom is 0.325 e. The van der Waals surface area contributed by atoms with E-state index in [1.165, 1.54) is 55.5 Å². The van der Waals surface area contributed by atoms with Crippen LogP contribution in [0.15, 0.2) is 60.7 Å². The molecule has 0 spiro atoms. The van der Waals surface area contributed by atoms with Gasteiger partial charge in [-0.1, -0.05) is 46.9 Å². The molecular formula is C28H21Cl3N2O6. The Morgan fingerprint density at radius 3 is 2.21 bits per heavy atom. The van der Waals surface area contributed by atoms with Gasteiger partial charge in [-0.05, 0) is 66.6 Å². The number of amides is 2. The first-order valence-electron chi connectivity index (χ1n) is 11.9. The number of hydrogen-bond acceptors (Lipinski definition) is 6. The zero-order valence-corrected chi connectivity index (χ0v) is 22.6. The highest BCUT2D eigenvalue weighted by molar-refractivity contribution is 6.43. The Balaban J connectivity index is 1.68. The van der Waals surface area contributed by atoms with Crippen molar-refractivity contribution >= 4 is 64.1 Å². The third-order valence-electron chi connectivity index (χ3n) is 7.34. The first-order valence-corrected chi connectivity index (χ1v) is 13.0. The maximum atomic E-state index is 14.0. The number of rotatable bonds is 6. The molecule has 0 aromatic heterocycles. The Kier molecular flexibility index (Phi) is 6.93. The fourth-order valence-corrected chi connectivity index (χ4v) is 6.28. The number of phenols is 1. The number of aliphatic carboxylic acids is 1. The van der Waals surface area contributed by atoms with E-state index in [9.17, 15) is 29.4 Å². The molecule has 39 heavy (non-hydrogen) atoms. The number of carboxylic acid groups (broad SMARTS) is 1. The first-order chi connectivity index (χ1) is 18.4. The lowest BCUT2D eigenvalue weighted by Crippen LogP contribution is -2.57. The second kappa shape index (κ2) is 9.95. The topological polar surface area (TPSA) is 124 Å². The number of nitrogens with one attached hydrogen (secondary N) is 1. The summed E-state index contributed by atoms with van der Waals surface area (Å²) in [7, 11) is 0. The number of benzene rings is 3. The molecule has 3 N–H and O–H groups in total. The quantitative estimate of drug-likeness (QED) is 0.209. The number of nitrogens with zero attached hydrogens (tertiary/aromatic N) is 1. The molecule has 2 heterocycles. The van der Waals surface area contributed by atoms with Gasteiger partial charge in [0.15, 0.2) is 5.78 Å². The summed E-state index contributed by atoms with van der Waals surface area (Å²) in [4.78, 5) is 53.7. The Labute approximate surface area is 238 Å². The Morgan fingerprint density at radius 2 is 1.62 bits per heavy atom. The predicted molar refractivity (Wildman–Crippen MR) is 145 cm³/mol. The lowest BCUT2D eigenvalue weighted by Gasteiger charge is -2.31. The van der Waals surface area contributed by atoms with E-state index in [2.05, 4.69) is 5.32 Å². The number of phenolic OH excluding ortho intramolecular Hbond substituents is 1. The summed E-state index contributed by atoms with van der Waals surface area (Å²) < 4.78 is 0. The van der Waals surface area contributed by atoms with Gasteiger partial charge in [0.25, 0.3) is 0 Å². The van der Waals surface area contributed by atoms with Crippen LogP contribution in [0.4, 0.5) is 5.69 Å². The van der Waals surface area contributed by atoms with Gasteiger partial charge in [-0.25, -0.2) is 4.90 Å². The predicted octanol–water partition coefficient (Wildman–Crippen LogP) is 5.07. The van der Waals surface area contributed by atoms with Crippen molar-refractivity contribution in [2.75, 3.05) is 4.90 Å². The smallest absolute Gasteiger partial charge is 0.325 e. The highest BCUT2D eigenvalue weighted by Crippen LogP contribution is 2.52. The van der Waals surface area contributed by atoms with Crippen LogP contribution < -0.4 is 10.2 Å². The minimum Gasteiger partial charge on any atom is -0.508 e. The average Bonchev–Trinajstić information content (AvgIpc) is 3.36. The SMILES string of the molecule is CC(=O)c1ccc(N2C(=O)C3C(c4cc(Cl)cc(Cl)c4Cl)NC(Cc4ccc(O)cc4)(C(=O)O)C3C2=O)cc1. The molecule has 3 aromatic carbocycles. The molecule has 0 saturated carbocycles. The molecule has 0 bridgehead atoms. The fraction of sp³-hybridized carbons (Fsp3) is 0.214. The van der Waals surface area contributed by atoms with Crippen molar-refractivity contribution in [3.8, 4) is 5.75 Å².